The number of nitrogens with one attached hydrogen (secondary N) is 2. The molecule has 1 atom stereocenters. The third-order valence-electron chi connectivity index (χ3n) is 5.94. The number of nitrogens with zero attached hydrogens (tertiary/aromatic N) is 3. The molecule has 4 rings (SSSR count). The van der Waals surface area contributed by atoms with E-state index in [0.717, 1.165) is 12.1 Å². The normalized spacial score (nSPS) is 16.7. The second kappa shape index (κ2) is 10.0. The highest BCUT2D eigenvalue weighted by atomic mass is 32.2. The van der Waals surface area contributed by atoms with Crippen molar-refractivity contribution >= 4 is 21.7 Å². The zero-order chi connectivity index (χ0) is 26.1. The average Bonchev–Trinajstić information content (AvgIpc) is 2.83. The van der Waals surface area contributed by atoms with Gasteiger partial charge in [0.2, 0.25) is 0 Å². The number of piperazine rings is 1. The van der Waals surface area contributed by atoms with Crippen LogP contribution in [-0.2, 0) is 16.2 Å². The molecule has 8 nitrogen and oxygen atoms in total. The fourth-order valence-electron chi connectivity index (χ4n) is 4.20. The van der Waals surface area contributed by atoms with E-state index in [9.17, 15) is 26.7 Å². The highest BCUT2D eigenvalue weighted by Crippen LogP contribution is 2.39. The van der Waals surface area contributed by atoms with Crippen molar-refractivity contribution in [1.82, 2.24) is 15.3 Å². The number of hydrogen-bond donors (Lipinski definition) is 3. The van der Waals surface area contributed by atoms with Gasteiger partial charge >= 0.3 is 6.18 Å². The molecule has 1 fully saturated rings. The molecule has 0 saturated carbocycles. The molecule has 0 bridgehead atoms. The summed E-state index contributed by atoms with van der Waals surface area (Å²) in [5, 5.41) is 12.3. The monoisotopic (exact) mass is 521 g/mol. The molecule has 0 radical (unpaired) electrons. The van der Waals surface area contributed by atoms with Crippen LogP contribution in [0.1, 0.15) is 16.7 Å². The second-order valence-electron chi connectivity index (χ2n) is 8.58. The van der Waals surface area contributed by atoms with Crippen LogP contribution in [0.5, 0.6) is 0 Å². The van der Waals surface area contributed by atoms with Crippen molar-refractivity contribution in [3.05, 3.63) is 65.2 Å². The molecule has 1 aliphatic heterocycles. The van der Waals surface area contributed by atoms with E-state index in [2.05, 4.69) is 20.0 Å². The quantitative estimate of drug-likeness (QED) is 0.457. The number of sulfonamides is 1. The topological polar surface area (TPSA) is 107 Å². The van der Waals surface area contributed by atoms with Gasteiger partial charge in [-0.1, -0.05) is 24.3 Å². The maximum absolute atomic E-state index is 13.8. The lowest BCUT2D eigenvalue weighted by molar-refractivity contribution is -0.137. The summed E-state index contributed by atoms with van der Waals surface area (Å²) in [6.45, 7) is 4.89. The summed E-state index contributed by atoms with van der Waals surface area (Å²) in [7, 11) is -4.26. The first kappa shape index (κ1) is 25.9. The van der Waals surface area contributed by atoms with Crippen molar-refractivity contribution in [1.29, 1.82) is 0 Å². The molecule has 1 saturated heterocycles. The number of aromatic nitrogens is 2. The van der Waals surface area contributed by atoms with Gasteiger partial charge in [0.1, 0.15) is 11.6 Å². The van der Waals surface area contributed by atoms with Crippen LogP contribution >= 0.6 is 0 Å². The summed E-state index contributed by atoms with van der Waals surface area (Å²) in [5.74, 6) is 0.157. The van der Waals surface area contributed by atoms with Gasteiger partial charge in [0.15, 0.2) is 5.03 Å². The van der Waals surface area contributed by atoms with Crippen LogP contribution in [0.4, 0.5) is 24.8 Å². The highest BCUT2D eigenvalue weighted by molar-refractivity contribution is 7.92. The molecule has 0 aliphatic carbocycles. The maximum Gasteiger partial charge on any atom is 0.418 e. The summed E-state index contributed by atoms with van der Waals surface area (Å²) in [6.07, 6.45) is -4.68. The number of benzene rings is 1. The fraction of sp³-hybridized carbons (Fsp3) is 0.333. The standard InChI is InChI=1S/C24H26F3N5O3S/c1-15-5-3-6-16(2)22(15)23-18(24(25,26)27)9-10-19(29-23)31-36(34,35)21-8-4-7-20(30-21)32-12-11-28-17(13-32)14-33/h3-10,17,28,33H,11-14H2,1-2H3,(H,29,31)/t17-/m0/s1. The van der Waals surface area contributed by atoms with Crippen LogP contribution in [0.3, 0.4) is 0 Å². The van der Waals surface area contributed by atoms with E-state index in [1.54, 1.807) is 38.1 Å². The van der Waals surface area contributed by atoms with E-state index in [0.29, 0.717) is 42.1 Å². The minimum absolute atomic E-state index is 0.0711. The fourth-order valence-corrected chi connectivity index (χ4v) is 5.16. The van der Waals surface area contributed by atoms with Crippen molar-refractivity contribution in [3.8, 4) is 11.3 Å². The minimum Gasteiger partial charge on any atom is -0.395 e. The molecule has 1 aliphatic rings. The molecular formula is C24H26F3N5O3S. The van der Waals surface area contributed by atoms with Crippen LogP contribution in [-0.4, -0.2) is 55.8 Å². The summed E-state index contributed by atoms with van der Waals surface area (Å²) < 4.78 is 69.9. The number of hydrogen-bond acceptors (Lipinski definition) is 7. The lowest BCUT2D eigenvalue weighted by atomic mass is 9.96. The maximum atomic E-state index is 13.8. The smallest absolute Gasteiger partial charge is 0.395 e. The van der Waals surface area contributed by atoms with Crippen LogP contribution in [0.15, 0.2) is 53.6 Å². The van der Waals surface area contributed by atoms with Crippen molar-refractivity contribution in [2.75, 3.05) is 35.9 Å². The summed E-state index contributed by atoms with van der Waals surface area (Å²) in [6, 6.07) is 11.2. The Labute approximate surface area is 207 Å². The number of aryl methyl sites for hydroxylation is 2. The van der Waals surface area contributed by atoms with Gasteiger partial charge in [-0.05, 0) is 49.2 Å². The van der Waals surface area contributed by atoms with Crippen molar-refractivity contribution in [3.63, 3.8) is 0 Å². The Bertz CT molecular complexity index is 1350. The van der Waals surface area contributed by atoms with Gasteiger partial charge in [-0.2, -0.15) is 21.6 Å². The number of rotatable bonds is 6. The SMILES string of the molecule is Cc1cccc(C)c1-c1nc(NS(=O)(=O)c2cccc(N3CCN[C@H](CO)C3)n2)ccc1C(F)(F)F. The Morgan fingerprint density at radius 3 is 2.44 bits per heavy atom. The first-order valence-electron chi connectivity index (χ1n) is 11.2. The molecule has 12 heteroatoms. The molecule has 192 valence electrons. The summed E-state index contributed by atoms with van der Waals surface area (Å²) in [5.41, 5.74) is 0.151. The van der Waals surface area contributed by atoms with Crippen LogP contribution in [0.2, 0.25) is 0 Å². The third kappa shape index (κ3) is 5.45. The number of halogens is 3. The lowest BCUT2D eigenvalue weighted by Crippen LogP contribution is -2.52. The van der Waals surface area contributed by atoms with Gasteiger partial charge in [0.05, 0.1) is 17.9 Å². The second-order valence-corrected chi connectivity index (χ2v) is 10.2. The third-order valence-corrected chi connectivity index (χ3v) is 7.20. The predicted molar refractivity (Wildman–Crippen MR) is 130 cm³/mol. The molecular weight excluding hydrogens is 495 g/mol. The molecule has 3 heterocycles. The Morgan fingerprint density at radius 1 is 1.08 bits per heavy atom. The van der Waals surface area contributed by atoms with Gasteiger partial charge < -0.3 is 15.3 Å². The van der Waals surface area contributed by atoms with Crippen molar-refractivity contribution in [2.24, 2.45) is 0 Å². The highest BCUT2D eigenvalue weighted by Gasteiger charge is 2.35. The first-order valence-corrected chi connectivity index (χ1v) is 12.7. The van der Waals surface area contributed by atoms with Crippen molar-refractivity contribution < 1.29 is 26.7 Å². The molecule has 2 aromatic heterocycles. The average molecular weight is 522 g/mol. The Kier molecular flexibility index (Phi) is 7.21. The van der Waals surface area contributed by atoms with E-state index < -0.39 is 21.8 Å². The van der Waals surface area contributed by atoms with Gasteiger partial charge in [0, 0.05) is 31.2 Å². The molecule has 0 amide bonds. The Balaban J connectivity index is 1.69. The van der Waals surface area contributed by atoms with Crippen LogP contribution in [0.25, 0.3) is 11.3 Å². The van der Waals surface area contributed by atoms with Gasteiger partial charge in [0.25, 0.3) is 10.0 Å². The first-order chi connectivity index (χ1) is 17.0. The molecule has 3 aromatic rings. The molecule has 1 aromatic carbocycles. The van der Waals surface area contributed by atoms with Crippen LogP contribution < -0.4 is 14.9 Å². The zero-order valence-corrected chi connectivity index (χ0v) is 20.5. The lowest BCUT2D eigenvalue weighted by Gasteiger charge is -2.33. The van der Waals surface area contributed by atoms with E-state index in [1.807, 2.05) is 4.90 Å². The van der Waals surface area contributed by atoms with E-state index in [1.165, 1.54) is 12.1 Å². The van der Waals surface area contributed by atoms with Crippen LogP contribution in [0, 0.1) is 13.8 Å². The zero-order valence-electron chi connectivity index (χ0n) is 19.7. The molecule has 3 N–H and O–H groups in total. The Morgan fingerprint density at radius 2 is 1.78 bits per heavy atom. The Hall–Kier alpha value is -3.22. The number of aliphatic hydroxyl groups is 1. The molecule has 0 unspecified atom stereocenters. The van der Waals surface area contributed by atoms with Gasteiger partial charge in [-0.25, -0.2) is 9.97 Å². The predicted octanol–water partition coefficient (Wildman–Crippen LogP) is 3.35. The number of aliphatic hydroxyl groups excluding tert-OH is 1. The molecule has 0 spiro atoms. The minimum atomic E-state index is -4.68. The largest absolute Gasteiger partial charge is 0.418 e. The van der Waals surface area contributed by atoms with Gasteiger partial charge in [-0.15, -0.1) is 0 Å². The van der Waals surface area contributed by atoms with E-state index in [-0.39, 0.29) is 29.2 Å². The van der Waals surface area contributed by atoms with Gasteiger partial charge in [-0.3, -0.25) is 4.72 Å². The van der Waals surface area contributed by atoms with E-state index >= 15 is 0 Å². The number of alkyl halides is 3. The number of pyridine rings is 2. The number of anilines is 2. The molecule has 36 heavy (non-hydrogen) atoms. The summed E-state index contributed by atoms with van der Waals surface area (Å²) in [4.78, 5) is 10.2. The van der Waals surface area contributed by atoms with Crippen molar-refractivity contribution in [2.45, 2.75) is 31.1 Å². The van der Waals surface area contributed by atoms with E-state index in [4.69, 9.17) is 0 Å². The summed E-state index contributed by atoms with van der Waals surface area (Å²) >= 11 is 0.